The number of amides is 1. The summed E-state index contributed by atoms with van der Waals surface area (Å²) in [6.07, 6.45) is 0.331. The first-order valence-electron chi connectivity index (χ1n) is 9.15. The molecular formula is C20H23N3O4. The largest absolute Gasteiger partial charge is 0.445 e. The third-order valence-electron chi connectivity index (χ3n) is 5.24. The van der Waals surface area contributed by atoms with Crippen LogP contribution in [0.4, 0.5) is 4.79 Å². The number of fused-ring (bicyclic) bond motifs is 2. The van der Waals surface area contributed by atoms with Crippen molar-refractivity contribution in [2.75, 3.05) is 13.2 Å². The molecule has 1 aromatic heterocycles. The van der Waals surface area contributed by atoms with Crippen LogP contribution in [0.3, 0.4) is 0 Å². The molecular weight excluding hydrogens is 346 g/mol. The first kappa shape index (κ1) is 17.9. The van der Waals surface area contributed by atoms with Crippen molar-refractivity contribution in [1.82, 2.24) is 15.1 Å². The summed E-state index contributed by atoms with van der Waals surface area (Å²) in [5.74, 6) is 0. The number of carbonyl (C=O) groups is 1. The second-order valence-corrected chi connectivity index (χ2v) is 7.29. The first-order chi connectivity index (χ1) is 13.0. The summed E-state index contributed by atoms with van der Waals surface area (Å²) >= 11 is 0. The molecule has 27 heavy (non-hydrogen) atoms. The number of morpholine rings is 1. The lowest BCUT2D eigenvalue weighted by Gasteiger charge is -2.50. The second kappa shape index (κ2) is 7.25. The van der Waals surface area contributed by atoms with Gasteiger partial charge in [-0.25, -0.2) is 4.79 Å². The molecule has 2 saturated heterocycles. The Hall–Kier alpha value is -2.51. The van der Waals surface area contributed by atoms with E-state index in [-0.39, 0.29) is 24.8 Å². The monoisotopic (exact) mass is 369 g/mol. The van der Waals surface area contributed by atoms with Gasteiger partial charge in [0.25, 0.3) is 0 Å². The Morgan fingerprint density at radius 3 is 2.52 bits per heavy atom. The van der Waals surface area contributed by atoms with Crippen molar-refractivity contribution in [3.8, 4) is 0 Å². The maximum absolute atomic E-state index is 12.7. The van der Waals surface area contributed by atoms with Crippen LogP contribution in [-0.4, -0.2) is 51.6 Å². The van der Waals surface area contributed by atoms with Crippen LogP contribution >= 0.6 is 0 Å². The maximum Gasteiger partial charge on any atom is 0.410 e. The van der Waals surface area contributed by atoms with Gasteiger partial charge in [0, 0.05) is 12.8 Å². The number of nitrogens with zero attached hydrogens (tertiary/aromatic N) is 3. The van der Waals surface area contributed by atoms with Gasteiger partial charge in [-0.2, -0.15) is 10.2 Å². The standard InChI is InChI=1S/C20H23N3O4/c1-14-7-8-18(22-21-14)20(25)9-16-12-26-13-17(10-20)23(16)19(24)27-11-15-5-3-2-4-6-15/h2-8,16-17,25H,9-13H2,1H3. The number of hydrogen-bond donors (Lipinski definition) is 1. The van der Waals surface area contributed by atoms with Gasteiger partial charge >= 0.3 is 6.09 Å². The summed E-state index contributed by atoms with van der Waals surface area (Å²) in [6, 6.07) is 12.7. The molecule has 2 aliphatic rings. The molecule has 7 heteroatoms. The summed E-state index contributed by atoms with van der Waals surface area (Å²) in [5, 5.41) is 19.4. The molecule has 2 atom stereocenters. The van der Waals surface area contributed by atoms with E-state index in [1.165, 1.54) is 0 Å². The third kappa shape index (κ3) is 3.65. The molecule has 0 radical (unpaired) electrons. The maximum atomic E-state index is 12.7. The van der Waals surface area contributed by atoms with Crippen LogP contribution < -0.4 is 0 Å². The number of aliphatic hydroxyl groups is 1. The summed E-state index contributed by atoms with van der Waals surface area (Å²) in [5.41, 5.74) is 1.17. The van der Waals surface area contributed by atoms with Crippen molar-refractivity contribution in [2.45, 2.75) is 44.1 Å². The van der Waals surface area contributed by atoms with Gasteiger partial charge in [-0.1, -0.05) is 30.3 Å². The highest BCUT2D eigenvalue weighted by atomic mass is 16.6. The van der Waals surface area contributed by atoms with E-state index in [1.54, 1.807) is 4.90 Å². The quantitative estimate of drug-likeness (QED) is 0.893. The van der Waals surface area contributed by atoms with Crippen molar-refractivity contribution >= 4 is 6.09 Å². The molecule has 1 N–H and O–H groups in total. The van der Waals surface area contributed by atoms with E-state index >= 15 is 0 Å². The number of carbonyl (C=O) groups excluding carboxylic acids is 1. The summed E-state index contributed by atoms with van der Waals surface area (Å²) in [4.78, 5) is 14.4. The zero-order chi connectivity index (χ0) is 18.9. The Morgan fingerprint density at radius 1 is 1.19 bits per heavy atom. The number of aromatic nitrogens is 2. The number of rotatable bonds is 3. The summed E-state index contributed by atoms with van der Waals surface area (Å²) in [7, 11) is 0. The zero-order valence-corrected chi connectivity index (χ0v) is 15.2. The van der Waals surface area contributed by atoms with E-state index in [2.05, 4.69) is 10.2 Å². The van der Waals surface area contributed by atoms with Crippen molar-refractivity contribution in [3.63, 3.8) is 0 Å². The molecule has 0 saturated carbocycles. The molecule has 2 bridgehead atoms. The van der Waals surface area contributed by atoms with Gasteiger partial charge < -0.3 is 14.6 Å². The Balaban J connectivity index is 1.48. The van der Waals surface area contributed by atoms with E-state index in [9.17, 15) is 9.90 Å². The van der Waals surface area contributed by atoms with Crippen molar-refractivity contribution in [3.05, 3.63) is 59.4 Å². The Kier molecular flexibility index (Phi) is 4.80. The van der Waals surface area contributed by atoms with Gasteiger partial charge in [-0.3, -0.25) is 4.90 Å². The molecule has 0 aliphatic carbocycles. The van der Waals surface area contributed by atoms with Crippen LogP contribution in [0.1, 0.15) is 29.8 Å². The normalized spacial score (nSPS) is 27.3. The van der Waals surface area contributed by atoms with Crippen LogP contribution in [0.5, 0.6) is 0 Å². The Labute approximate surface area is 157 Å². The van der Waals surface area contributed by atoms with Crippen LogP contribution in [0, 0.1) is 6.92 Å². The fraction of sp³-hybridized carbons (Fsp3) is 0.450. The van der Waals surface area contributed by atoms with Gasteiger partial charge in [-0.15, -0.1) is 0 Å². The van der Waals surface area contributed by atoms with Gasteiger partial charge in [0.1, 0.15) is 12.2 Å². The van der Waals surface area contributed by atoms with Crippen LogP contribution in [0.2, 0.25) is 0 Å². The Bertz CT molecular complexity index is 783. The van der Waals surface area contributed by atoms with Crippen molar-refractivity contribution in [1.29, 1.82) is 0 Å². The van der Waals surface area contributed by atoms with Crippen molar-refractivity contribution in [2.24, 2.45) is 0 Å². The second-order valence-electron chi connectivity index (χ2n) is 7.29. The van der Waals surface area contributed by atoms with E-state index in [4.69, 9.17) is 9.47 Å². The molecule has 7 nitrogen and oxygen atoms in total. The minimum absolute atomic E-state index is 0.226. The van der Waals surface area contributed by atoms with Crippen molar-refractivity contribution < 1.29 is 19.4 Å². The van der Waals surface area contributed by atoms with Crippen LogP contribution in [0.25, 0.3) is 0 Å². The van der Waals surface area contributed by atoms with Crippen LogP contribution in [0.15, 0.2) is 42.5 Å². The molecule has 0 spiro atoms. The number of aryl methyl sites for hydroxylation is 1. The predicted molar refractivity (Wildman–Crippen MR) is 96.8 cm³/mol. The molecule has 4 rings (SSSR count). The molecule has 2 aliphatic heterocycles. The van der Waals surface area contributed by atoms with E-state index in [0.717, 1.165) is 11.3 Å². The number of piperidine rings is 1. The number of benzene rings is 1. The molecule has 2 unspecified atom stereocenters. The van der Waals surface area contributed by atoms with Crippen LogP contribution in [-0.2, 0) is 21.7 Å². The highest BCUT2D eigenvalue weighted by Crippen LogP contribution is 2.40. The average Bonchev–Trinajstić information content (AvgIpc) is 2.67. The summed E-state index contributed by atoms with van der Waals surface area (Å²) in [6.45, 7) is 2.83. The summed E-state index contributed by atoms with van der Waals surface area (Å²) < 4.78 is 11.1. The lowest BCUT2D eigenvalue weighted by Crippen LogP contribution is -2.62. The van der Waals surface area contributed by atoms with Gasteiger partial charge in [0.2, 0.25) is 0 Å². The minimum atomic E-state index is -1.12. The molecule has 1 amide bonds. The molecule has 2 aromatic rings. The third-order valence-corrected chi connectivity index (χ3v) is 5.24. The van der Waals surface area contributed by atoms with Gasteiger partial charge in [-0.05, 0) is 24.6 Å². The lowest BCUT2D eigenvalue weighted by molar-refractivity contribution is -0.138. The Morgan fingerprint density at radius 2 is 1.89 bits per heavy atom. The lowest BCUT2D eigenvalue weighted by atomic mass is 9.79. The average molecular weight is 369 g/mol. The SMILES string of the molecule is Cc1ccc(C2(O)CC3COCC(C2)N3C(=O)OCc2ccccc2)nn1. The highest BCUT2D eigenvalue weighted by Gasteiger charge is 2.50. The number of ether oxygens (including phenoxy) is 2. The molecule has 2 fully saturated rings. The van der Waals surface area contributed by atoms with E-state index < -0.39 is 5.60 Å². The van der Waals surface area contributed by atoms with E-state index in [1.807, 2.05) is 49.4 Å². The molecule has 142 valence electrons. The topological polar surface area (TPSA) is 84.8 Å². The highest BCUT2D eigenvalue weighted by molar-refractivity contribution is 5.69. The fourth-order valence-electron chi connectivity index (χ4n) is 3.92. The van der Waals surface area contributed by atoms with E-state index in [0.29, 0.717) is 31.7 Å². The minimum Gasteiger partial charge on any atom is -0.445 e. The van der Waals surface area contributed by atoms with Gasteiger partial charge in [0.05, 0.1) is 36.7 Å². The molecule has 3 heterocycles. The number of hydrogen-bond acceptors (Lipinski definition) is 6. The zero-order valence-electron chi connectivity index (χ0n) is 15.2. The fourth-order valence-corrected chi connectivity index (χ4v) is 3.92. The predicted octanol–water partition coefficient (Wildman–Crippen LogP) is 2.17. The first-order valence-corrected chi connectivity index (χ1v) is 9.15. The van der Waals surface area contributed by atoms with Gasteiger partial charge in [0.15, 0.2) is 0 Å². The molecule has 1 aromatic carbocycles. The smallest absolute Gasteiger partial charge is 0.410 e.